The van der Waals surface area contributed by atoms with Crippen molar-refractivity contribution in [2.24, 2.45) is 11.8 Å². The molecular weight excluding hydrogens is 350 g/mol. The van der Waals surface area contributed by atoms with Gasteiger partial charge in [0, 0.05) is 31.4 Å². The van der Waals surface area contributed by atoms with E-state index in [-0.39, 0.29) is 29.2 Å². The van der Waals surface area contributed by atoms with Gasteiger partial charge in [0.05, 0.1) is 12.0 Å². The van der Waals surface area contributed by atoms with E-state index in [0.717, 1.165) is 17.5 Å². The molecule has 1 amide bonds. The Bertz CT molecular complexity index is 978. The summed E-state index contributed by atoms with van der Waals surface area (Å²) in [5.74, 6) is -0.705. The normalized spacial score (nSPS) is 27.0. The number of aromatic nitrogens is 1. The molecule has 1 aromatic heterocycles. The Morgan fingerprint density at radius 3 is 2.68 bits per heavy atom. The van der Waals surface area contributed by atoms with Gasteiger partial charge in [-0.3, -0.25) is 9.78 Å². The number of ketones is 1. The van der Waals surface area contributed by atoms with Crippen LogP contribution >= 0.6 is 0 Å². The van der Waals surface area contributed by atoms with E-state index in [1.807, 2.05) is 54.3 Å². The third kappa shape index (κ3) is 2.73. The first-order valence-electron chi connectivity index (χ1n) is 9.46. The number of likely N-dealkylation sites (tertiary alicyclic amines) is 1. The third-order valence-electron chi connectivity index (χ3n) is 6.04. The van der Waals surface area contributed by atoms with Gasteiger partial charge in [-0.25, -0.2) is 4.85 Å². The number of allylic oxidation sites excluding steroid dienone is 1. The van der Waals surface area contributed by atoms with Crippen LogP contribution in [-0.4, -0.2) is 28.1 Å². The van der Waals surface area contributed by atoms with Crippen molar-refractivity contribution in [3.05, 3.63) is 89.2 Å². The Kier molecular flexibility index (Phi) is 4.56. The van der Waals surface area contributed by atoms with Crippen LogP contribution in [0.15, 0.2) is 66.6 Å². The fourth-order valence-corrected chi connectivity index (χ4v) is 4.65. The standard InChI is InChI=1S/C23H21N3O2/c1-16-19-10-12-26(15-17-7-6-11-25-14-17)22(28)23(19,13-20(24-2)21(16)27)18-8-4-3-5-9-18/h3-9,11,13-14,16,19H,10,12,15H2,1H3/t16-,19-,23+/m0/s1. The summed E-state index contributed by atoms with van der Waals surface area (Å²) in [6.07, 6.45) is 5.83. The number of Topliss-reactive ketones (excluding diaryl/α,β-unsaturated/α-hetero) is 1. The SMILES string of the molecule is [C-]#[N+]C1=C[C@]2(c3ccccc3)C(=O)N(Cc3cccnc3)CC[C@H]2[C@H](C)C1=O. The van der Waals surface area contributed by atoms with Crippen molar-refractivity contribution in [1.29, 1.82) is 0 Å². The van der Waals surface area contributed by atoms with Gasteiger partial charge in [-0.1, -0.05) is 49.4 Å². The van der Waals surface area contributed by atoms with E-state index >= 15 is 0 Å². The lowest BCUT2D eigenvalue weighted by Crippen LogP contribution is -2.59. The first kappa shape index (κ1) is 18.1. The number of carbonyl (C=O) groups is 2. The predicted octanol–water partition coefficient (Wildman–Crippen LogP) is 3.39. The summed E-state index contributed by atoms with van der Waals surface area (Å²) in [6.45, 7) is 10.4. The number of nitrogens with zero attached hydrogens (tertiary/aromatic N) is 3. The summed E-state index contributed by atoms with van der Waals surface area (Å²) < 4.78 is 0. The molecule has 4 rings (SSSR count). The number of amides is 1. The number of pyridine rings is 1. The summed E-state index contributed by atoms with van der Waals surface area (Å²) in [7, 11) is 0. The maximum atomic E-state index is 13.8. The maximum absolute atomic E-state index is 13.8. The minimum Gasteiger partial charge on any atom is -0.337 e. The number of fused-ring (bicyclic) bond motifs is 1. The van der Waals surface area contributed by atoms with E-state index in [0.29, 0.717) is 13.1 Å². The Labute approximate surface area is 164 Å². The molecule has 0 unspecified atom stereocenters. The van der Waals surface area contributed by atoms with Crippen LogP contribution in [0.4, 0.5) is 0 Å². The highest BCUT2D eigenvalue weighted by Crippen LogP contribution is 2.49. The summed E-state index contributed by atoms with van der Waals surface area (Å²) in [6, 6.07) is 13.4. The molecule has 2 aromatic rings. The molecular formula is C23H21N3O2. The van der Waals surface area contributed by atoms with Crippen molar-refractivity contribution in [3.8, 4) is 0 Å². The molecule has 0 N–H and O–H groups in total. The molecule has 1 fully saturated rings. The number of hydrogen-bond donors (Lipinski definition) is 0. The molecule has 1 saturated heterocycles. The van der Waals surface area contributed by atoms with E-state index in [1.165, 1.54) is 0 Å². The molecule has 28 heavy (non-hydrogen) atoms. The number of piperidine rings is 1. The zero-order valence-electron chi connectivity index (χ0n) is 15.7. The van der Waals surface area contributed by atoms with Crippen LogP contribution in [-0.2, 0) is 21.5 Å². The van der Waals surface area contributed by atoms with Gasteiger partial charge >= 0.3 is 0 Å². The van der Waals surface area contributed by atoms with E-state index in [9.17, 15) is 9.59 Å². The van der Waals surface area contributed by atoms with Gasteiger partial charge in [0.15, 0.2) is 5.78 Å². The lowest BCUT2D eigenvalue weighted by Gasteiger charge is -2.50. The number of carbonyl (C=O) groups excluding carboxylic acids is 2. The second kappa shape index (κ2) is 7.05. The number of hydrogen-bond acceptors (Lipinski definition) is 3. The van der Waals surface area contributed by atoms with Crippen LogP contribution < -0.4 is 0 Å². The summed E-state index contributed by atoms with van der Waals surface area (Å²) in [4.78, 5) is 35.9. The van der Waals surface area contributed by atoms with Crippen molar-refractivity contribution in [3.63, 3.8) is 0 Å². The molecule has 0 spiro atoms. The molecule has 1 aromatic carbocycles. The zero-order valence-corrected chi connectivity index (χ0v) is 15.7. The van der Waals surface area contributed by atoms with Crippen LogP contribution in [0, 0.1) is 18.4 Å². The summed E-state index contributed by atoms with van der Waals surface area (Å²) in [5, 5.41) is 0. The minimum absolute atomic E-state index is 0.0423. The van der Waals surface area contributed by atoms with Crippen LogP contribution in [0.25, 0.3) is 4.85 Å². The van der Waals surface area contributed by atoms with Crippen molar-refractivity contribution >= 4 is 11.7 Å². The van der Waals surface area contributed by atoms with E-state index in [4.69, 9.17) is 6.57 Å². The molecule has 5 nitrogen and oxygen atoms in total. The average Bonchev–Trinajstić information content (AvgIpc) is 2.74. The van der Waals surface area contributed by atoms with E-state index in [1.54, 1.807) is 18.5 Å². The Morgan fingerprint density at radius 2 is 2.00 bits per heavy atom. The number of rotatable bonds is 3. The molecule has 5 heteroatoms. The van der Waals surface area contributed by atoms with Crippen LogP contribution in [0.3, 0.4) is 0 Å². The lowest BCUT2D eigenvalue weighted by molar-refractivity contribution is -0.145. The fourth-order valence-electron chi connectivity index (χ4n) is 4.65. The Morgan fingerprint density at radius 1 is 1.21 bits per heavy atom. The van der Waals surface area contributed by atoms with Crippen molar-refractivity contribution in [2.45, 2.75) is 25.3 Å². The van der Waals surface area contributed by atoms with Gasteiger partial charge in [0.25, 0.3) is 0 Å². The highest BCUT2D eigenvalue weighted by atomic mass is 16.2. The molecule has 2 aliphatic rings. The van der Waals surface area contributed by atoms with Crippen molar-refractivity contribution in [2.75, 3.05) is 6.54 Å². The molecule has 2 heterocycles. The Hall–Kier alpha value is -3.26. The quantitative estimate of drug-likeness (QED) is 0.777. The molecule has 0 bridgehead atoms. The van der Waals surface area contributed by atoms with Gasteiger partial charge in [-0.15, -0.1) is 0 Å². The van der Waals surface area contributed by atoms with Crippen molar-refractivity contribution < 1.29 is 9.59 Å². The van der Waals surface area contributed by atoms with Crippen LogP contribution in [0.1, 0.15) is 24.5 Å². The first-order chi connectivity index (χ1) is 13.6. The van der Waals surface area contributed by atoms with Crippen LogP contribution in [0.2, 0.25) is 0 Å². The topological polar surface area (TPSA) is 54.6 Å². The predicted molar refractivity (Wildman–Crippen MR) is 105 cm³/mol. The molecule has 0 radical (unpaired) electrons. The van der Waals surface area contributed by atoms with Gasteiger partial charge in [-0.2, -0.15) is 0 Å². The van der Waals surface area contributed by atoms with Crippen molar-refractivity contribution in [1.82, 2.24) is 9.88 Å². The summed E-state index contributed by atoms with van der Waals surface area (Å²) in [5.41, 5.74) is 0.909. The summed E-state index contributed by atoms with van der Waals surface area (Å²) >= 11 is 0. The third-order valence-corrected chi connectivity index (χ3v) is 6.04. The minimum atomic E-state index is -0.977. The van der Waals surface area contributed by atoms with E-state index in [2.05, 4.69) is 9.83 Å². The highest BCUT2D eigenvalue weighted by Gasteiger charge is 2.56. The van der Waals surface area contributed by atoms with Gasteiger partial charge in [0.1, 0.15) is 0 Å². The molecule has 1 aliphatic heterocycles. The maximum Gasteiger partial charge on any atom is 0.236 e. The average molecular weight is 371 g/mol. The highest BCUT2D eigenvalue weighted by molar-refractivity contribution is 6.04. The molecule has 1 aliphatic carbocycles. The van der Waals surface area contributed by atoms with E-state index < -0.39 is 5.41 Å². The van der Waals surface area contributed by atoms with Crippen LogP contribution in [0.5, 0.6) is 0 Å². The number of benzene rings is 1. The molecule has 3 atom stereocenters. The lowest BCUT2D eigenvalue weighted by atomic mass is 9.58. The second-order valence-electron chi connectivity index (χ2n) is 7.51. The van der Waals surface area contributed by atoms with Gasteiger partial charge in [0.2, 0.25) is 11.6 Å². The Balaban J connectivity index is 1.84. The second-order valence-corrected chi connectivity index (χ2v) is 7.51. The van der Waals surface area contributed by atoms with Gasteiger partial charge in [-0.05, 0) is 29.5 Å². The first-order valence-corrected chi connectivity index (χ1v) is 9.46. The molecule has 0 saturated carbocycles. The fraction of sp³-hybridized carbons (Fsp3) is 0.304. The smallest absolute Gasteiger partial charge is 0.236 e. The zero-order chi connectivity index (χ0) is 19.7. The molecule has 140 valence electrons. The monoisotopic (exact) mass is 371 g/mol. The largest absolute Gasteiger partial charge is 0.337 e. The van der Waals surface area contributed by atoms with Gasteiger partial charge < -0.3 is 9.69 Å².